The number of hydrogen-bond acceptors (Lipinski definition) is 2. The van der Waals surface area contributed by atoms with Crippen LogP contribution < -0.4 is 5.73 Å². The third kappa shape index (κ3) is 2.73. The van der Waals surface area contributed by atoms with Crippen molar-refractivity contribution in [3.05, 3.63) is 56.7 Å². The highest BCUT2D eigenvalue weighted by Crippen LogP contribution is 2.25. The van der Waals surface area contributed by atoms with Crippen molar-refractivity contribution in [3.8, 4) is 0 Å². The Labute approximate surface area is 108 Å². The lowest BCUT2D eigenvalue weighted by Crippen LogP contribution is -2.35. The Morgan fingerprint density at radius 3 is 2.81 bits per heavy atom. The fraction of sp³-hybridized carbons (Fsp3) is 0.231. The van der Waals surface area contributed by atoms with Crippen LogP contribution in [-0.4, -0.2) is 0 Å². The Kier molecular flexibility index (Phi) is 3.47. The van der Waals surface area contributed by atoms with Crippen LogP contribution in [-0.2, 0) is 12.0 Å². The molecule has 0 saturated heterocycles. The maximum absolute atomic E-state index is 6.38. The summed E-state index contributed by atoms with van der Waals surface area (Å²) in [6.07, 6.45) is 0.868. The van der Waals surface area contributed by atoms with E-state index >= 15 is 0 Å². The molecule has 0 fully saturated rings. The van der Waals surface area contributed by atoms with Crippen LogP contribution in [0.4, 0.5) is 0 Å². The maximum Gasteiger partial charge on any atom is 0.0422 e. The zero-order valence-corrected chi connectivity index (χ0v) is 11.5. The van der Waals surface area contributed by atoms with E-state index in [9.17, 15) is 0 Å². The predicted octanol–water partition coefficient (Wildman–Crippen LogP) is 3.93. The molecule has 2 aromatic rings. The van der Waals surface area contributed by atoms with Crippen molar-refractivity contribution in [2.24, 2.45) is 5.73 Å². The molecule has 1 heterocycles. The zero-order chi connectivity index (χ0) is 11.6. The number of thiophene rings is 1. The van der Waals surface area contributed by atoms with Gasteiger partial charge in [0, 0.05) is 10.0 Å². The number of hydrogen-bond donors (Lipinski definition) is 1. The van der Waals surface area contributed by atoms with E-state index in [1.165, 1.54) is 5.56 Å². The molecule has 0 amide bonds. The molecule has 16 heavy (non-hydrogen) atoms. The average molecular weight is 296 g/mol. The molecular formula is C13H14BrNS. The molecule has 0 aliphatic rings. The highest BCUT2D eigenvalue weighted by Gasteiger charge is 2.21. The summed E-state index contributed by atoms with van der Waals surface area (Å²) in [6.45, 7) is 2.08. The average Bonchev–Trinajstić information content (AvgIpc) is 2.70. The first kappa shape index (κ1) is 11.8. The van der Waals surface area contributed by atoms with Crippen LogP contribution in [0.1, 0.15) is 18.1 Å². The SMILES string of the molecule is CC(N)(Cc1ccsc1)c1cccc(Br)c1. The minimum Gasteiger partial charge on any atom is -0.321 e. The van der Waals surface area contributed by atoms with E-state index in [2.05, 4.69) is 51.8 Å². The molecule has 84 valence electrons. The van der Waals surface area contributed by atoms with E-state index in [0.717, 1.165) is 16.5 Å². The van der Waals surface area contributed by atoms with Crippen LogP contribution in [0.2, 0.25) is 0 Å². The molecule has 1 aromatic carbocycles. The molecule has 0 spiro atoms. The molecule has 1 atom stereocenters. The van der Waals surface area contributed by atoms with Crippen molar-refractivity contribution in [2.45, 2.75) is 18.9 Å². The van der Waals surface area contributed by atoms with Crippen LogP contribution in [0, 0.1) is 0 Å². The van der Waals surface area contributed by atoms with Crippen molar-refractivity contribution >= 4 is 27.3 Å². The van der Waals surface area contributed by atoms with Gasteiger partial charge in [0.05, 0.1) is 0 Å². The Bertz CT molecular complexity index is 463. The number of halogens is 1. The summed E-state index contributed by atoms with van der Waals surface area (Å²) in [6, 6.07) is 10.3. The van der Waals surface area contributed by atoms with Gasteiger partial charge in [-0.15, -0.1) is 0 Å². The fourth-order valence-electron chi connectivity index (χ4n) is 1.76. The monoisotopic (exact) mass is 295 g/mol. The second-order valence-corrected chi connectivity index (χ2v) is 5.93. The lowest BCUT2D eigenvalue weighted by atomic mass is 9.87. The van der Waals surface area contributed by atoms with Crippen LogP contribution in [0.15, 0.2) is 45.6 Å². The van der Waals surface area contributed by atoms with Gasteiger partial charge in [-0.25, -0.2) is 0 Å². The fourth-order valence-corrected chi connectivity index (χ4v) is 2.83. The second kappa shape index (κ2) is 4.70. The summed E-state index contributed by atoms with van der Waals surface area (Å²) in [5.74, 6) is 0. The summed E-state index contributed by atoms with van der Waals surface area (Å²) in [5, 5.41) is 4.25. The highest BCUT2D eigenvalue weighted by molar-refractivity contribution is 9.10. The Balaban J connectivity index is 2.24. The minimum atomic E-state index is -0.315. The quantitative estimate of drug-likeness (QED) is 0.912. The highest BCUT2D eigenvalue weighted by atomic mass is 79.9. The lowest BCUT2D eigenvalue weighted by Gasteiger charge is -2.25. The van der Waals surface area contributed by atoms with Crippen molar-refractivity contribution in [2.75, 3.05) is 0 Å². The van der Waals surface area contributed by atoms with E-state index in [1.807, 2.05) is 12.1 Å². The molecule has 0 bridgehead atoms. The van der Waals surface area contributed by atoms with Crippen LogP contribution >= 0.6 is 27.3 Å². The van der Waals surface area contributed by atoms with Crippen molar-refractivity contribution < 1.29 is 0 Å². The lowest BCUT2D eigenvalue weighted by molar-refractivity contribution is 0.492. The largest absolute Gasteiger partial charge is 0.321 e. The van der Waals surface area contributed by atoms with Crippen molar-refractivity contribution in [1.29, 1.82) is 0 Å². The van der Waals surface area contributed by atoms with E-state index < -0.39 is 0 Å². The Morgan fingerprint density at radius 2 is 2.19 bits per heavy atom. The summed E-state index contributed by atoms with van der Waals surface area (Å²) < 4.78 is 1.08. The molecule has 2 rings (SSSR count). The van der Waals surface area contributed by atoms with Gasteiger partial charge in [-0.05, 0) is 53.4 Å². The molecule has 1 aromatic heterocycles. The number of nitrogens with two attached hydrogens (primary N) is 1. The van der Waals surface area contributed by atoms with Gasteiger partial charge in [-0.1, -0.05) is 28.1 Å². The normalized spacial score (nSPS) is 14.7. The van der Waals surface area contributed by atoms with E-state index in [1.54, 1.807) is 11.3 Å². The first-order chi connectivity index (χ1) is 7.58. The van der Waals surface area contributed by atoms with Crippen molar-refractivity contribution in [1.82, 2.24) is 0 Å². The number of benzene rings is 1. The van der Waals surface area contributed by atoms with Gasteiger partial charge in [-0.2, -0.15) is 11.3 Å². The molecule has 2 N–H and O–H groups in total. The standard InChI is InChI=1S/C13H14BrNS/c1-13(15,8-10-5-6-16-9-10)11-3-2-4-12(14)7-11/h2-7,9H,8,15H2,1H3. The Hall–Kier alpha value is -0.640. The van der Waals surface area contributed by atoms with Gasteiger partial charge in [-0.3, -0.25) is 0 Å². The van der Waals surface area contributed by atoms with Crippen molar-refractivity contribution in [3.63, 3.8) is 0 Å². The van der Waals surface area contributed by atoms with Gasteiger partial charge in [0.25, 0.3) is 0 Å². The molecule has 1 nitrogen and oxygen atoms in total. The predicted molar refractivity (Wildman–Crippen MR) is 73.7 cm³/mol. The minimum absolute atomic E-state index is 0.315. The van der Waals surface area contributed by atoms with Crippen LogP contribution in [0.5, 0.6) is 0 Å². The third-order valence-electron chi connectivity index (χ3n) is 2.64. The van der Waals surface area contributed by atoms with Crippen LogP contribution in [0.25, 0.3) is 0 Å². The van der Waals surface area contributed by atoms with E-state index in [0.29, 0.717) is 0 Å². The topological polar surface area (TPSA) is 26.0 Å². The molecule has 0 saturated carbocycles. The zero-order valence-electron chi connectivity index (χ0n) is 9.11. The molecule has 0 aliphatic carbocycles. The third-order valence-corrected chi connectivity index (χ3v) is 3.86. The van der Waals surface area contributed by atoms with E-state index in [-0.39, 0.29) is 5.54 Å². The molecule has 0 radical (unpaired) electrons. The molecule has 1 unspecified atom stereocenters. The van der Waals surface area contributed by atoms with Crippen LogP contribution in [0.3, 0.4) is 0 Å². The summed E-state index contributed by atoms with van der Waals surface area (Å²) in [5.41, 5.74) is 8.53. The summed E-state index contributed by atoms with van der Waals surface area (Å²) in [4.78, 5) is 0. The number of rotatable bonds is 3. The Morgan fingerprint density at radius 1 is 1.38 bits per heavy atom. The second-order valence-electron chi connectivity index (χ2n) is 4.24. The van der Waals surface area contributed by atoms with Gasteiger partial charge in [0.2, 0.25) is 0 Å². The molecule has 3 heteroatoms. The maximum atomic E-state index is 6.38. The summed E-state index contributed by atoms with van der Waals surface area (Å²) >= 11 is 5.19. The molecule has 0 aliphatic heterocycles. The van der Waals surface area contributed by atoms with Gasteiger partial charge >= 0.3 is 0 Å². The summed E-state index contributed by atoms with van der Waals surface area (Å²) in [7, 11) is 0. The first-order valence-corrected chi connectivity index (χ1v) is 6.87. The van der Waals surface area contributed by atoms with E-state index in [4.69, 9.17) is 5.73 Å². The smallest absolute Gasteiger partial charge is 0.0422 e. The van der Waals surface area contributed by atoms with Gasteiger partial charge < -0.3 is 5.73 Å². The van der Waals surface area contributed by atoms with Gasteiger partial charge in [0.15, 0.2) is 0 Å². The molecular weight excluding hydrogens is 282 g/mol. The first-order valence-electron chi connectivity index (χ1n) is 5.14. The van der Waals surface area contributed by atoms with Gasteiger partial charge in [0.1, 0.15) is 0 Å².